The van der Waals surface area contributed by atoms with Crippen molar-refractivity contribution in [3.05, 3.63) is 66.2 Å². The molecule has 4 aromatic rings. The van der Waals surface area contributed by atoms with Gasteiger partial charge in [-0.2, -0.15) is 0 Å². The Hall–Kier alpha value is -4.14. The Kier molecular flexibility index (Phi) is 10.1. The van der Waals surface area contributed by atoms with Gasteiger partial charge in [0.2, 0.25) is 0 Å². The Balaban J connectivity index is 1.49. The van der Waals surface area contributed by atoms with Gasteiger partial charge in [0.15, 0.2) is 23.1 Å². The third-order valence-electron chi connectivity index (χ3n) is 7.31. The van der Waals surface area contributed by atoms with Crippen LogP contribution in [0.5, 0.6) is 17.2 Å². The highest BCUT2D eigenvalue weighted by molar-refractivity contribution is 6.76. The van der Waals surface area contributed by atoms with Crippen LogP contribution in [0.3, 0.4) is 0 Å². The molecule has 5 rings (SSSR count). The first-order valence-electron chi connectivity index (χ1n) is 15.2. The van der Waals surface area contributed by atoms with Crippen molar-refractivity contribution in [3.63, 3.8) is 0 Å². The fraction of sp³-hybridized carbons (Fsp3) is 0.394. The Labute approximate surface area is 271 Å². The summed E-state index contributed by atoms with van der Waals surface area (Å²) in [4.78, 5) is 16.7. The van der Waals surface area contributed by atoms with Gasteiger partial charge in [0.1, 0.15) is 29.7 Å². The van der Waals surface area contributed by atoms with E-state index in [2.05, 4.69) is 35.3 Å². The molecule has 2 amide bonds. The molecule has 9 nitrogen and oxygen atoms in total. The molecule has 2 N–H and O–H groups in total. The number of ether oxygens (including phenoxy) is 4. The van der Waals surface area contributed by atoms with Gasteiger partial charge < -0.3 is 34.1 Å². The number of halogens is 4. The van der Waals surface area contributed by atoms with Gasteiger partial charge >= 0.3 is 6.03 Å². The van der Waals surface area contributed by atoms with Crippen LogP contribution in [0.4, 0.5) is 28.0 Å². The third-order valence-corrected chi connectivity index (χ3v) is 9.01. The van der Waals surface area contributed by atoms with E-state index in [9.17, 15) is 9.18 Å². The van der Waals surface area contributed by atoms with E-state index in [0.29, 0.717) is 17.8 Å². The van der Waals surface area contributed by atoms with Gasteiger partial charge in [0.05, 0.1) is 36.8 Å². The summed E-state index contributed by atoms with van der Waals surface area (Å²) in [6.07, 6.45) is 2.79. The van der Waals surface area contributed by atoms with Crippen molar-refractivity contribution in [2.45, 2.75) is 58.0 Å². The van der Waals surface area contributed by atoms with E-state index in [1.54, 1.807) is 16.8 Å². The number of rotatable bonds is 13. The van der Waals surface area contributed by atoms with Crippen LogP contribution in [0.25, 0.3) is 22.2 Å². The van der Waals surface area contributed by atoms with Crippen molar-refractivity contribution in [1.29, 1.82) is 0 Å². The maximum absolute atomic E-state index is 15.6. The first kappa shape index (κ1) is 34.2. The molecule has 2 aromatic heterocycles. The molecule has 0 atom stereocenters. The summed E-state index contributed by atoms with van der Waals surface area (Å²) in [5.41, 5.74) is -1.11. The molecule has 3 heterocycles. The zero-order valence-electron chi connectivity index (χ0n) is 26.9. The predicted octanol–water partition coefficient (Wildman–Crippen LogP) is 7.87. The standard InChI is InChI=1S/C33H38F4N4O5Si/c1-20(2)45-26-8-6-7-23(34)28(26)22-15-41(19-43-11-12-47(3,4)5)31-29(22)27(9-10-38-31)46-30-24(35)13-21(14-25(30)36)40-32(42)39-16-33(37)17-44-18-33/h6-10,13-15,20H,11-12,16-19H2,1-5H3,(H2,39,40,42). The Bertz CT molecular complexity index is 1730. The molecule has 47 heavy (non-hydrogen) atoms. The topological polar surface area (TPSA) is 95.9 Å². The highest BCUT2D eigenvalue weighted by Gasteiger charge is 2.39. The largest absolute Gasteiger partial charge is 0.490 e. The molecule has 1 saturated heterocycles. The lowest BCUT2D eigenvalue weighted by Crippen LogP contribution is -2.54. The van der Waals surface area contributed by atoms with Crippen molar-refractivity contribution in [2.24, 2.45) is 0 Å². The van der Waals surface area contributed by atoms with Crippen molar-refractivity contribution in [2.75, 3.05) is 31.7 Å². The Morgan fingerprint density at radius 2 is 1.81 bits per heavy atom. The van der Waals surface area contributed by atoms with Gasteiger partial charge in [-0.15, -0.1) is 0 Å². The number of alkyl halides is 1. The number of aromatic nitrogens is 2. The minimum atomic E-state index is -1.68. The summed E-state index contributed by atoms with van der Waals surface area (Å²) >= 11 is 0. The van der Waals surface area contributed by atoms with Crippen LogP contribution in [0.15, 0.2) is 48.8 Å². The molecule has 2 aromatic carbocycles. The number of carbonyl (C=O) groups is 1. The maximum atomic E-state index is 15.6. The van der Waals surface area contributed by atoms with Crippen molar-refractivity contribution >= 4 is 30.8 Å². The number of nitrogens with zero attached hydrogens (tertiary/aromatic N) is 2. The van der Waals surface area contributed by atoms with Crippen molar-refractivity contribution in [3.8, 4) is 28.4 Å². The van der Waals surface area contributed by atoms with Gasteiger partial charge in [-0.3, -0.25) is 0 Å². The van der Waals surface area contributed by atoms with E-state index in [0.717, 1.165) is 18.2 Å². The number of fused-ring (bicyclic) bond motifs is 1. The Morgan fingerprint density at radius 1 is 1.09 bits per heavy atom. The number of amides is 2. The van der Waals surface area contributed by atoms with Crippen molar-refractivity contribution < 1.29 is 41.3 Å². The number of pyridine rings is 1. The molecular weight excluding hydrogens is 636 g/mol. The van der Waals surface area contributed by atoms with Crippen LogP contribution in [0, 0.1) is 17.5 Å². The van der Waals surface area contributed by atoms with Gasteiger partial charge in [-0.1, -0.05) is 25.7 Å². The molecule has 0 aliphatic carbocycles. The SMILES string of the molecule is CC(C)Oc1cccc(F)c1-c1cn(COCC[Si](C)(C)C)c2nccc(Oc3c(F)cc(NC(=O)NCC4(F)COC4)cc3F)c12. The monoisotopic (exact) mass is 674 g/mol. The van der Waals surface area contributed by atoms with Crippen LogP contribution >= 0.6 is 0 Å². The highest BCUT2D eigenvalue weighted by atomic mass is 28.3. The average molecular weight is 675 g/mol. The van der Waals surface area contributed by atoms with Gasteiger partial charge in [-0.05, 0) is 38.1 Å². The van der Waals surface area contributed by atoms with Crippen LogP contribution in [-0.2, 0) is 16.2 Å². The predicted molar refractivity (Wildman–Crippen MR) is 173 cm³/mol. The fourth-order valence-electron chi connectivity index (χ4n) is 4.90. The van der Waals surface area contributed by atoms with Gasteiger partial charge in [0, 0.05) is 50.5 Å². The molecular formula is C33H38F4N4O5Si. The summed E-state index contributed by atoms with van der Waals surface area (Å²) < 4.78 is 84.6. The molecule has 1 fully saturated rings. The molecule has 0 bridgehead atoms. The van der Waals surface area contributed by atoms with Crippen LogP contribution in [-0.4, -0.2) is 61.8 Å². The lowest BCUT2D eigenvalue weighted by molar-refractivity contribution is -0.125. The first-order chi connectivity index (χ1) is 22.2. The average Bonchev–Trinajstić information content (AvgIpc) is 3.33. The summed E-state index contributed by atoms with van der Waals surface area (Å²) in [7, 11) is -1.37. The number of hydrogen-bond acceptors (Lipinski definition) is 6. The summed E-state index contributed by atoms with van der Waals surface area (Å²) in [6.45, 7) is 10.3. The van der Waals surface area contributed by atoms with E-state index in [4.69, 9.17) is 18.9 Å². The first-order valence-corrected chi connectivity index (χ1v) is 18.9. The highest BCUT2D eigenvalue weighted by Crippen LogP contribution is 2.43. The van der Waals surface area contributed by atoms with Crippen LogP contribution in [0.1, 0.15) is 13.8 Å². The van der Waals surface area contributed by atoms with Crippen LogP contribution in [0.2, 0.25) is 25.7 Å². The second-order valence-corrected chi connectivity index (χ2v) is 18.6. The second kappa shape index (κ2) is 13.9. The zero-order chi connectivity index (χ0) is 33.9. The van der Waals surface area contributed by atoms with Gasteiger partial charge in [0.25, 0.3) is 0 Å². The quantitative estimate of drug-likeness (QED) is 0.0852. The number of urea groups is 1. The molecule has 0 saturated carbocycles. The maximum Gasteiger partial charge on any atom is 0.319 e. The number of anilines is 1. The minimum absolute atomic E-state index is 0.00295. The van der Waals surface area contributed by atoms with E-state index < -0.39 is 43.0 Å². The van der Waals surface area contributed by atoms with E-state index in [1.807, 2.05) is 13.8 Å². The van der Waals surface area contributed by atoms with E-state index in [-0.39, 0.29) is 60.7 Å². The lowest BCUT2D eigenvalue weighted by atomic mass is 10.0. The number of benzene rings is 2. The third kappa shape index (κ3) is 8.24. The molecule has 252 valence electrons. The van der Waals surface area contributed by atoms with Crippen molar-refractivity contribution in [1.82, 2.24) is 14.9 Å². The number of carbonyl (C=O) groups excluding carboxylic acids is 1. The fourth-order valence-corrected chi connectivity index (χ4v) is 5.65. The molecule has 14 heteroatoms. The van der Waals surface area contributed by atoms with Crippen LogP contribution < -0.4 is 20.1 Å². The molecule has 0 spiro atoms. The lowest BCUT2D eigenvalue weighted by Gasteiger charge is -2.33. The summed E-state index contributed by atoms with van der Waals surface area (Å²) in [5, 5.41) is 4.88. The summed E-state index contributed by atoms with van der Waals surface area (Å²) in [6, 6.07) is 7.70. The Morgan fingerprint density at radius 3 is 2.45 bits per heavy atom. The summed E-state index contributed by atoms with van der Waals surface area (Å²) in [5.74, 6) is -3.31. The smallest absolute Gasteiger partial charge is 0.319 e. The molecule has 0 unspecified atom stereocenters. The normalized spacial score (nSPS) is 14.3. The molecule has 0 radical (unpaired) electrons. The number of nitrogens with one attached hydrogen (secondary N) is 2. The minimum Gasteiger partial charge on any atom is -0.490 e. The van der Waals surface area contributed by atoms with Gasteiger partial charge in [-0.25, -0.2) is 27.3 Å². The van der Waals surface area contributed by atoms with E-state index in [1.165, 1.54) is 24.4 Å². The number of hydrogen-bond donors (Lipinski definition) is 2. The zero-order valence-corrected chi connectivity index (χ0v) is 27.9. The molecule has 1 aliphatic heterocycles. The van der Waals surface area contributed by atoms with E-state index >= 15 is 13.2 Å². The second-order valence-electron chi connectivity index (χ2n) is 13.0. The molecule has 1 aliphatic rings.